The molecule has 0 aliphatic heterocycles. The lowest BCUT2D eigenvalue weighted by atomic mass is 9.95. The van der Waals surface area contributed by atoms with Gasteiger partial charge in [0.15, 0.2) is 0 Å². The first-order valence-electron chi connectivity index (χ1n) is 5.49. The van der Waals surface area contributed by atoms with Gasteiger partial charge in [-0.05, 0) is 43.0 Å². The molecule has 1 heterocycles. The fraction of sp³-hybridized carbons (Fsp3) is 0.214. The second-order valence-electron chi connectivity index (χ2n) is 4.35. The zero-order chi connectivity index (χ0) is 12.6. The number of aryl methyl sites for hydroxylation is 3. The average Bonchev–Trinajstić information content (AvgIpc) is 2.64. The van der Waals surface area contributed by atoms with Gasteiger partial charge in [-0.1, -0.05) is 12.1 Å². The summed E-state index contributed by atoms with van der Waals surface area (Å²) in [5.41, 5.74) is 11.8. The van der Waals surface area contributed by atoms with Gasteiger partial charge in [-0.3, -0.25) is 0 Å². The highest BCUT2D eigenvalue weighted by Crippen LogP contribution is 2.31. The maximum atomic E-state index is 9.11. The van der Waals surface area contributed by atoms with Crippen molar-refractivity contribution in [2.24, 2.45) is 0 Å². The molecule has 0 unspecified atom stereocenters. The largest absolute Gasteiger partial charge is 0.384 e. The van der Waals surface area contributed by atoms with E-state index in [1.165, 1.54) is 11.1 Å². The van der Waals surface area contributed by atoms with Crippen LogP contribution in [0.4, 0.5) is 5.82 Å². The minimum Gasteiger partial charge on any atom is -0.384 e. The third-order valence-corrected chi connectivity index (χ3v) is 3.15. The van der Waals surface area contributed by atoms with E-state index in [9.17, 15) is 0 Å². The van der Waals surface area contributed by atoms with Gasteiger partial charge in [0.1, 0.15) is 17.5 Å². The first-order chi connectivity index (χ1) is 8.04. The molecule has 0 bridgehead atoms. The molecule has 3 N–H and O–H groups in total. The fourth-order valence-corrected chi connectivity index (χ4v) is 2.02. The number of nitriles is 1. The highest BCUT2D eigenvalue weighted by atomic mass is 14.8. The third-order valence-electron chi connectivity index (χ3n) is 3.15. The molecular weight excluding hydrogens is 210 g/mol. The second-order valence-corrected chi connectivity index (χ2v) is 4.35. The van der Waals surface area contributed by atoms with E-state index in [1.807, 2.05) is 6.92 Å². The molecule has 1 aromatic heterocycles. The van der Waals surface area contributed by atoms with Gasteiger partial charge in [-0.2, -0.15) is 5.26 Å². The van der Waals surface area contributed by atoms with Crippen molar-refractivity contribution in [1.82, 2.24) is 4.98 Å². The van der Waals surface area contributed by atoms with Crippen molar-refractivity contribution in [3.05, 3.63) is 40.6 Å². The molecule has 0 fully saturated rings. The number of aromatic nitrogens is 1. The van der Waals surface area contributed by atoms with Crippen LogP contribution in [0.25, 0.3) is 11.1 Å². The van der Waals surface area contributed by atoms with E-state index in [4.69, 9.17) is 11.0 Å². The van der Waals surface area contributed by atoms with Crippen LogP contribution < -0.4 is 5.73 Å². The van der Waals surface area contributed by atoms with E-state index in [0.29, 0.717) is 11.4 Å². The maximum absolute atomic E-state index is 9.11. The van der Waals surface area contributed by atoms with E-state index >= 15 is 0 Å². The van der Waals surface area contributed by atoms with Gasteiger partial charge < -0.3 is 10.7 Å². The molecule has 2 rings (SSSR count). The van der Waals surface area contributed by atoms with Crippen LogP contribution in [0.3, 0.4) is 0 Å². The highest BCUT2D eigenvalue weighted by molar-refractivity contribution is 5.78. The summed E-state index contributed by atoms with van der Waals surface area (Å²) in [6.45, 7) is 6.20. The number of rotatable bonds is 1. The Morgan fingerprint density at radius 3 is 2.35 bits per heavy atom. The van der Waals surface area contributed by atoms with Crippen LogP contribution in [0, 0.1) is 32.1 Å². The van der Waals surface area contributed by atoms with E-state index in [-0.39, 0.29) is 0 Å². The van der Waals surface area contributed by atoms with Gasteiger partial charge in [0.2, 0.25) is 0 Å². The van der Waals surface area contributed by atoms with Crippen LogP contribution in [0.15, 0.2) is 18.3 Å². The molecule has 3 nitrogen and oxygen atoms in total. The van der Waals surface area contributed by atoms with E-state index in [0.717, 1.165) is 16.7 Å². The summed E-state index contributed by atoms with van der Waals surface area (Å²) in [5.74, 6) is 0.431. The predicted molar refractivity (Wildman–Crippen MR) is 69.6 cm³/mol. The van der Waals surface area contributed by atoms with Gasteiger partial charge in [-0.15, -0.1) is 0 Å². The lowest BCUT2D eigenvalue weighted by molar-refractivity contribution is 1.30. The third kappa shape index (κ3) is 1.78. The zero-order valence-corrected chi connectivity index (χ0v) is 10.3. The smallest absolute Gasteiger partial charge is 0.119 e. The molecule has 0 atom stereocenters. The Balaban J connectivity index is 2.69. The monoisotopic (exact) mass is 225 g/mol. The zero-order valence-electron chi connectivity index (χ0n) is 10.3. The minimum absolute atomic E-state index is 0.431. The lowest BCUT2D eigenvalue weighted by Gasteiger charge is -2.09. The average molecular weight is 225 g/mol. The standard InChI is InChI=1S/C14H15N3/c1-8-4-10(3)11(5-9(8)2)13-7-17-14(16)12(13)6-15/h4-5,7,17H,16H2,1-3H3. The molecule has 17 heavy (non-hydrogen) atoms. The summed E-state index contributed by atoms with van der Waals surface area (Å²) in [5, 5.41) is 9.11. The van der Waals surface area contributed by atoms with Crippen molar-refractivity contribution >= 4 is 5.82 Å². The lowest BCUT2D eigenvalue weighted by Crippen LogP contribution is -1.91. The van der Waals surface area contributed by atoms with Gasteiger partial charge in [0.25, 0.3) is 0 Å². The summed E-state index contributed by atoms with van der Waals surface area (Å²) in [4.78, 5) is 2.90. The first-order valence-corrected chi connectivity index (χ1v) is 5.49. The molecule has 0 saturated heterocycles. The van der Waals surface area contributed by atoms with Gasteiger partial charge >= 0.3 is 0 Å². The van der Waals surface area contributed by atoms with Crippen molar-refractivity contribution in [2.45, 2.75) is 20.8 Å². The molecule has 0 aliphatic rings. The summed E-state index contributed by atoms with van der Waals surface area (Å²) >= 11 is 0. The number of nitrogens with one attached hydrogen (secondary N) is 1. The molecule has 0 radical (unpaired) electrons. The van der Waals surface area contributed by atoms with E-state index in [1.54, 1.807) is 6.20 Å². The number of nitrogens with two attached hydrogens (primary N) is 1. The van der Waals surface area contributed by atoms with Gasteiger partial charge in [-0.25, -0.2) is 0 Å². The van der Waals surface area contributed by atoms with Crippen LogP contribution in [-0.4, -0.2) is 4.98 Å². The van der Waals surface area contributed by atoms with Crippen LogP contribution >= 0.6 is 0 Å². The molecule has 86 valence electrons. The number of aromatic amines is 1. The Morgan fingerprint density at radius 2 is 1.71 bits per heavy atom. The first kappa shape index (κ1) is 11.3. The van der Waals surface area contributed by atoms with Crippen molar-refractivity contribution in [2.75, 3.05) is 5.73 Å². The number of benzene rings is 1. The van der Waals surface area contributed by atoms with Gasteiger partial charge in [0.05, 0.1) is 0 Å². The summed E-state index contributed by atoms with van der Waals surface area (Å²) < 4.78 is 0. The van der Waals surface area contributed by atoms with E-state index in [2.05, 4.69) is 37.0 Å². The topological polar surface area (TPSA) is 65.6 Å². The molecule has 2 aromatic rings. The normalized spacial score (nSPS) is 10.2. The van der Waals surface area contributed by atoms with Crippen molar-refractivity contribution < 1.29 is 0 Å². The molecule has 0 aliphatic carbocycles. The van der Waals surface area contributed by atoms with Crippen molar-refractivity contribution in [3.8, 4) is 17.2 Å². The SMILES string of the molecule is Cc1cc(C)c(-c2c[nH]c(N)c2C#N)cc1C. The van der Waals surface area contributed by atoms with Crippen LogP contribution in [0.2, 0.25) is 0 Å². The minimum atomic E-state index is 0.431. The summed E-state index contributed by atoms with van der Waals surface area (Å²) in [7, 11) is 0. The van der Waals surface area contributed by atoms with Crippen LogP contribution in [-0.2, 0) is 0 Å². The Hall–Kier alpha value is -2.21. The number of nitrogen functional groups attached to an aromatic ring is 1. The number of nitrogens with zero attached hydrogens (tertiary/aromatic N) is 1. The number of anilines is 1. The second kappa shape index (κ2) is 3.99. The Bertz CT molecular complexity index is 615. The highest BCUT2D eigenvalue weighted by Gasteiger charge is 2.13. The Morgan fingerprint density at radius 1 is 1.06 bits per heavy atom. The van der Waals surface area contributed by atoms with Crippen LogP contribution in [0.5, 0.6) is 0 Å². The molecular formula is C14H15N3. The van der Waals surface area contributed by atoms with Crippen molar-refractivity contribution in [1.29, 1.82) is 5.26 Å². The van der Waals surface area contributed by atoms with E-state index < -0.39 is 0 Å². The molecule has 0 saturated carbocycles. The van der Waals surface area contributed by atoms with Gasteiger partial charge in [0, 0.05) is 11.8 Å². The molecule has 1 aromatic carbocycles. The quantitative estimate of drug-likeness (QED) is 0.783. The number of hydrogen-bond acceptors (Lipinski definition) is 2. The number of H-pyrrole nitrogens is 1. The predicted octanol–water partition coefficient (Wildman–Crippen LogP) is 3.06. The molecule has 0 amide bonds. The van der Waals surface area contributed by atoms with Crippen LogP contribution in [0.1, 0.15) is 22.3 Å². The van der Waals surface area contributed by atoms with Crippen molar-refractivity contribution in [3.63, 3.8) is 0 Å². The Labute approximate surface area is 101 Å². The summed E-state index contributed by atoms with van der Waals surface area (Å²) in [6, 6.07) is 6.39. The maximum Gasteiger partial charge on any atom is 0.119 e. The molecule has 0 spiro atoms. The summed E-state index contributed by atoms with van der Waals surface area (Å²) in [6.07, 6.45) is 1.80. The Kier molecular flexibility index (Phi) is 2.64. The number of hydrogen-bond donors (Lipinski definition) is 2. The molecule has 3 heteroatoms. The fourth-order valence-electron chi connectivity index (χ4n) is 2.02.